The standard InChI is InChI=1S/C26H28ClN3O5S/c1-4-29(5-2)26(32)23-11-6-7-12-24(23)28-25(31)18-30(20-10-8-9-19(27)17-20)36(33,34)22-15-13-21(35-3)14-16-22/h6-17H,4-5,18H2,1-3H3,(H,28,31). The molecule has 1 N–H and O–H groups in total. The van der Waals surface area contributed by atoms with Gasteiger partial charge in [0.05, 0.1) is 28.9 Å². The van der Waals surface area contributed by atoms with Crippen LogP contribution in [-0.4, -0.2) is 51.9 Å². The van der Waals surface area contributed by atoms with E-state index in [2.05, 4.69) is 5.32 Å². The third kappa shape index (κ3) is 6.16. The molecule has 3 aromatic rings. The predicted octanol–water partition coefficient (Wildman–Crippen LogP) is 4.66. The lowest BCUT2D eigenvalue weighted by atomic mass is 10.1. The first-order chi connectivity index (χ1) is 17.2. The largest absolute Gasteiger partial charge is 0.497 e. The summed E-state index contributed by atoms with van der Waals surface area (Å²) < 4.78 is 33.2. The average Bonchev–Trinajstić information content (AvgIpc) is 2.88. The van der Waals surface area contributed by atoms with Gasteiger partial charge in [-0.15, -0.1) is 0 Å². The summed E-state index contributed by atoms with van der Waals surface area (Å²) in [5, 5.41) is 3.02. The molecule has 0 unspecified atom stereocenters. The van der Waals surface area contributed by atoms with Crippen LogP contribution < -0.4 is 14.4 Å². The molecule has 190 valence electrons. The third-order valence-corrected chi connectivity index (χ3v) is 7.54. The molecule has 8 nitrogen and oxygen atoms in total. The SMILES string of the molecule is CCN(CC)C(=O)c1ccccc1NC(=O)CN(c1cccc(Cl)c1)S(=O)(=O)c1ccc(OC)cc1. The molecule has 10 heteroatoms. The summed E-state index contributed by atoms with van der Waals surface area (Å²) >= 11 is 6.12. The van der Waals surface area contributed by atoms with Crippen LogP contribution in [0.5, 0.6) is 5.75 Å². The third-order valence-electron chi connectivity index (χ3n) is 5.51. The first-order valence-corrected chi connectivity index (χ1v) is 13.1. The molecule has 3 aromatic carbocycles. The number of sulfonamides is 1. The number of nitrogens with one attached hydrogen (secondary N) is 1. The van der Waals surface area contributed by atoms with Crippen LogP contribution in [0.1, 0.15) is 24.2 Å². The Hall–Kier alpha value is -3.56. The number of amides is 2. The van der Waals surface area contributed by atoms with Gasteiger partial charge in [0, 0.05) is 18.1 Å². The van der Waals surface area contributed by atoms with Gasteiger partial charge in [0.1, 0.15) is 12.3 Å². The van der Waals surface area contributed by atoms with E-state index in [0.717, 1.165) is 4.31 Å². The molecular formula is C26H28ClN3O5S. The highest BCUT2D eigenvalue weighted by Gasteiger charge is 2.28. The maximum absolute atomic E-state index is 13.6. The van der Waals surface area contributed by atoms with E-state index < -0.39 is 22.5 Å². The number of rotatable bonds is 10. The number of hydrogen-bond donors (Lipinski definition) is 1. The molecule has 0 saturated heterocycles. The molecule has 0 spiro atoms. The van der Waals surface area contributed by atoms with Gasteiger partial charge in [0.15, 0.2) is 0 Å². The lowest BCUT2D eigenvalue weighted by Crippen LogP contribution is -2.38. The highest BCUT2D eigenvalue weighted by molar-refractivity contribution is 7.92. The normalized spacial score (nSPS) is 11.0. The molecule has 0 bridgehead atoms. The molecule has 0 heterocycles. The highest BCUT2D eigenvalue weighted by atomic mass is 35.5. The Bertz CT molecular complexity index is 1330. The van der Waals surface area contributed by atoms with Crippen LogP contribution in [0.15, 0.2) is 77.7 Å². The molecule has 3 rings (SSSR count). The van der Waals surface area contributed by atoms with Crippen molar-refractivity contribution in [1.29, 1.82) is 0 Å². The smallest absolute Gasteiger partial charge is 0.264 e. The van der Waals surface area contributed by atoms with Gasteiger partial charge in [-0.05, 0) is 68.4 Å². The zero-order chi connectivity index (χ0) is 26.3. The maximum atomic E-state index is 13.6. The van der Waals surface area contributed by atoms with Crippen molar-refractivity contribution in [2.24, 2.45) is 0 Å². The molecule has 0 saturated carbocycles. The van der Waals surface area contributed by atoms with Crippen LogP contribution in [0, 0.1) is 0 Å². The number of methoxy groups -OCH3 is 1. The summed E-state index contributed by atoms with van der Waals surface area (Å²) in [7, 11) is -2.67. The zero-order valence-electron chi connectivity index (χ0n) is 20.3. The number of ether oxygens (including phenoxy) is 1. The number of para-hydroxylation sites is 1. The Morgan fingerprint density at radius 1 is 0.944 bits per heavy atom. The van der Waals surface area contributed by atoms with Gasteiger partial charge in [-0.25, -0.2) is 8.42 Å². The summed E-state index contributed by atoms with van der Waals surface area (Å²) in [5.74, 6) is -0.351. The van der Waals surface area contributed by atoms with Crippen LogP contribution in [0.2, 0.25) is 5.02 Å². The van der Waals surface area contributed by atoms with Gasteiger partial charge in [-0.1, -0.05) is 29.8 Å². The summed E-state index contributed by atoms with van der Waals surface area (Å²) in [6, 6.07) is 18.7. The van der Waals surface area contributed by atoms with Gasteiger partial charge in [0.2, 0.25) is 5.91 Å². The van der Waals surface area contributed by atoms with Crippen molar-refractivity contribution in [3.63, 3.8) is 0 Å². The number of carbonyl (C=O) groups excluding carboxylic acids is 2. The molecule has 0 atom stereocenters. The van der Waals surface area contributed by atoms with Crippen LogP contribution in [0.3, 0.4) is 0 Å². The zero-order valence-corrected chi connectivity index (χ0v) is 21.8. The fraction of sp³-hybridized carbons (Fsp3) is 0.231. The van der Waals surface area contributed by atoms with E-state index in [1.165, 1.54) is 37.4 Å². The van der Waals surface area contributed by atoms with E-state index in [0.29, 0.717) is 35.1 Å². The predicted molar refractivity (Wildman–Crippen MR) is 141 cm³/mol. The van der Waals surface area contributed by atoms with Crippen molar-refractivity contribution in [3.05, 3.63) is 83.4 Å². The van der Waals surface area contributed by atoms with Gasteiger partial charge < -0.3 is 15.0 Å². The quantitative estimate of drug-likeness (QED) is 0.412. The number of halogens is 1. The number of anilines is 2. The molecule has 0 aromatic heterocycles. The first-order valence-electron chi connectivity index (χ1n) is 11.3. The second kappa shape index (κ2) is 11.9. The molecule has 0 aliphatic rings. The van der Waals surface area contributed by atoms with Crippen LogP contribution in [-0.2, 0) is 14.8 Å². The highest BCUT2D eigenvalue weighted by Crippen LogP contribution is 2.27. The van der Waals surface area contributed by atoms with Crippen LogP contribution in [0.25, 0.3) is 0 Å². The van der Waals surface area contributed by atoms with E-state index in [9.17, 15) is 18.0 Å². The summed E-state index contributed by atoms with van der Waals surface area (Å²) in [5.41, 5.74) is 0.843. The number of nitrogens with zero attached hydrogens (tertiary/aromatic N) is 2. The van der Waals surface area contributed by atoms with E-state index in [1.54, 1.807) is 47.4 Å². The van der Waals surface area contributed by atoms with Crippen molar-refractivity contribution in [1.82, 2.24) is 4.90 Å². The van der Waals surface area contributed by atoms with Crippen molar-refractivity contribution < 1.29 is 22.7 Å². The second-order valence-corrected chi connectivity index (χ2v) is 10.0. The maximum Gasteiger partial charge on any atom is 0.264 e. The average molecular weight is 530 g/mol. The number of benzene rings is 3. The van der Waals surface area contributed by atoms with Gasteiger partial charge in [0.25, 0.3) is 15.9 Å². The Kier molecular flexibility index (Phi) is 8.95. The van der Waals surface area contributed by atoms with Crippen molar-refractivity contribution in [2.45, 2.75) is 18.7 Å². The molecule has 0 aliphatic heterocycles. The lowest BCUT2D eigenvalue weighted by molar-refractivity contribution is -0.114. The van der Waals surface area contributed by atoms with Crippen molar-refractivity contribution >= 4 is 44.8 Å². The van der Waals surface area contributed by atoms with Crippen molar-refractivity contribution in [2.75, 3.05) is 36.4 Å². The minimum atomic E-state index is -4.15. The first kappa shape index (κ1) is 27.0. The Morgan fingerprint density at radius 3 is 2.22 bits per heavy atom. The topological polar surface area (TPSA) is 96.0 Å². The lowest BCUT2D eigenvalue weighted by Gasteiger charge is -2.25. The molecule has 36 heavy (non-hydrogen) atoms. The second-order valence-electron chi connectivity index (χ2n) is 7.74. The molecule has 0 radical (unpaired) electrons. The Labute approximate surface area is 216 Å². The Morgan fingerprint density at radius 2 is 1.61 bits per heavy atom. The summed E-state index contributed by atoms with van der Waals surface area (Å²) in [6.45, 7) is 4.23. The summed E-state index contributed by atoms with van der Waals surface area (Å²) in [4.78, 5) is 27.7. The molecule has 0 fully saturated rings. The van der Waals surface area contributed by atoms with Gasteiger partial charge >= 0.3 is 0 Å². The van der Waals surface area contributed by atoms with E-state index in [1.807, 2.05) is 13.8 Å². The number of hydrogen-bond acceptors (Lipinski definition) is 5. The van der Waals surface area contributed by atoms with Gasteiger partial charge in [-0.2, -0.15) is 0 Å². The minimum Gasteiger partial charge on any atom is -0.497 e. The van der Waals surface area contributed by atoms with E-state index >= 15 is 0 Å². The van der Waals surface area contributed by atoms with E-state index in [-0.39, 0.29) is 16.5 Å². The molecule has 2 amide bonds. The molecule has 0 aliphatic carbocycles. The van der Waals surface area contributed by atoms with Crippen LogP contribution >= 0.6 is 11.6 Å². The Balaban J connectivity index is 1.94. The minimum absolute atomic E-state index is 0.0202. The number of carbonyl (C=O) groups is 2. The van der Waals surface area contributed by atoms with Gasteiger partial charge in [-0.3, -0.25) is 13.9 Å². The van der Waals surface area contributed by atoms with E-state index in [4.69, 9.17) is 16.3 Å². The fourth-order valence-electron chi connectivity index (χ4n) is 3.60. The summed E-state index contributed by atoms with van der Waals surface area (Å²) in [6.07, 6.45) is 0. The van der Waals surface area contributed by atoms with Crippen LogP contribution in [0.4, 0.5) is 11.4 Å². The van der Waals surface area contributed by atoms with Crippen molar-refractivity contribution in [3.8, 4) is 5.75 Å². The molecular weight excluding hydrogens is 502 g/mol. The monoisotopic (exact) mass is 529 g/mol. The fourth-order valence-corrected chi connectivity index (χ4v) is 5.20.